The highest BCUT2D eigenvalue weighted by Gasteiger charge is 1.96. The Morgan fingerprint density at radius 3 is 2.83 bits per heavy atom. The number of aliphatic hydroxyl groups excluding tert-OH is 2. The summed E-state index contributed by atoms with van der Waals surface area (Å²) in [6, 6.07) is 3.40. The topological polar surface area (TPSA) is 66.0 Å². The number of hydrogen-bond donors (Lipinski definition) is 2. The molecule has 0 aromatic carbocycles. The van der Waals surface area contributed by atoms with Gasteiger partial charge in [-0.15, -0.1) is 0 Å². The fraction of sp³-hybridized carbons (Fsp3) is 0.375. The first-order chi connectivity index (χ1) is 5.86. The van der Waals surface area contributed by atoms with Crippen molar-refractivity contribution in [3.8, 4) is 0 Å². The van der Waals surface area contributed by atoms with E-state index < -0.39 is 0 Å². The van der Waals surface area contributed by atoms with Crippen LogP contribution in [0.4, 0.5) is 0 Å². The summed E-state index contributed by atoms with van der Waals surface area (Å²) < 4.78 is 5.10. The van der Waals surface area contributed by atoms with E-state index in [9.17, 15) is 0 Å². The number of rotatable bonds is 4. The van der Waals surface area contributed by atoms with Gasteiger partial charge in [0.2, 0.25) is 0 Å². The van der Waals surface area contributed by atoms with Crippen LogP contribution in [-0.4, -0.2) is 29.6 Å². The summed E-state index contributed by atoms with van der Waals surface area (Å²) in [6.45, 7) is 0.299. The smallest absolute Gasteiger partial charge is 0.144 e. The van der Waals surface area contributed by atoms with Gasteiger partial charge in [0.25, 0.3) is 0 Å². The largest absolute Gasteiger partial charge is 0.458 e. The van der Waals surface area contributed by atoms with Crippen LogP contribution in [-0.2, 0) is 6.61 Å². The van der Waals surface area contributed by atoms with Crippen LogP contribution in [0.5, 0.6) is 0 Å². The molecule has 0 unspecified atom stereocenters. The molecule has 4 nitrogen and oxygen atoms in total. The molecule has 1 heterocycles. The van der Waals surface area contributed by atoms with Crippen LogP contribution < -0.4 is 0 Å². The van der Waals surface area contributed by atoms with Crippen molar-refractivity contribution in [1.29, 1.82) is 0 Å². The van der Waals surface area contributed by atoms with Gasteiger partial charge < -0.3 is 14.6 Å². The minimum Gasteiger partial charge on any atom is -0.458 e. The Labute approximate surface area is 70.2 Å². The molecular weight excluding hydrogens is 158 g/mol. The van der Waals surface area contributed by atoms with Gasteiger partial charge in [-0.25, -0.2) is 0 Å². The second-order valence-corrected chi connectivity index (χ2v) is 2.22. The lowest BCUT2D eigenvalue weighted by Gasteiger charge is -1.86. The molecule has 0 saturated carbocycles. The molecule has 2 N–H and O–H groups in total. The van der Waals surface area contributed by atoms with Crippen LogP contribution in [0.2, 0.25) is 0 Å². The van der Waals surface area contributed by atoms with Crippen LogP contribution in [0.3, 0.4) is 0 Å². The van der Waals surface area contributed by atoms with E-state index in [0.29, 0.717) is 18.1 Å². The Kier molecular flexibility index (Phi) is 3.50. The Morgan fingerprint density at radius 1 is 1.42 bits per heavy atom. The summed E-state index contributed by atoms with van der Waals surface area (Å²) >= 11 is 0. The number of aliphatic hydroxyl groups is 2. The lowest BCUT2D eigenvalue weighted by Crippen LogP contribution is -1.87. The van der Waals surface area contributed by atoms with E-state index in [-0.39, 0.29) is 13.2 Å². The first kappa shape index (κ1) is 8.96. The minimum absolute atomic E-state index is 0.0318. The lowest BCUT2D eigenvalue weighted by molar-refractivity contribution is 0.247. The molecule has 1 aromatic heterocycles. The third-order valence-corrected chi connectivity index (χ3v) is 1.29. The van der Waals surface area contributed by atoms with Gasteiger partial charge in [0.05, 0.1) is 19.4 Å². The highest BCUT2D eigenvalue weighted by molar-refractivity contribution is 5.75. The summed E-state index contributed by atoms with van der Waals surface area (Å²) in [5.74, 6) is 1.10. The molecule has 0 amide bonds. The van der Waals surface area contributed by atoms with Crippen molar-refractivity contribution < 1.29 is 14.6 Å². The van der Waals surface area contributed by atoms with Crippen LogP contribution in [0.15, 0.2) is 21.5 Å². The number of aliphatic imine (C=N–C) groups is 1. The number of nitrogens with zero attached hydrogens (tertiary/aromatic N) is 1. The average molecular weight is 169 g/mol. The first-order valence-electron chi connectivity index (χ1n) is 3.67. The predicted octanol–water partition coefficient (Wildman–Crippen LogP) is 0.183. The summed E-state index contributed by atoms with van der Waals surface area (Å²) in [5, 5.41) is 17.1. The molecule has 66 valence electrons. The fourth-order valence-corrected chi connectivity index (χ4v) is 0.761. The Hall–Kier alpha value is -1.13. The summed E-state index contributed by atoms with van der Waals surface area (Å²) in [4.78, 5) is 3.86. The van der Waals surface area contributed by atoms with E-state index in [4.69, 9.17) is 14.6 Å². The molecule has 0 fully saturated rings. The van der Waals surface area contributed by atoms with Crippen LogP contribution in [0, 0.1) is 0 Å². The van der Waals surface area contributed by atoms with E-state index in [1.165, 1.54) is 6.21 Å². The van der Waals surface area contributed by atoms with E-state index in [0.717, 1.165) is 0 Å². The third kappa shape index (κ3) is 2.48. The molecule has 0 spiro atoms. The van der Waals surface area contributed by atoms with Crippen molar-refractivity contribution in [2.45, 2.75) is 6.61 Å². The van der Waals surface area contributed by atoms with Gasteiger partial charge in [-0.1, -0.05) is 0 Å². The van der Waals surface area contributed by atoms with Gasteiger partial charge in [0, 0.05) is 0 Å². The summed E-state index contributed by atoms with van der Waals surface area (Å²) in [6.07, 6.45) is 1.52. The monoisotopic (exact) mass is 169 g/mol. The molecule has 0 aliphatic carbocycles. The SMILES string of the molecule is OCCN=Cc1ccc(CO)o1. The van der Waals surface area contributed by atoms with E-state index in [1.807, 2.05) is 0 Å². The van der Waals surface area contributed by atoms with E-state index in [2.05, 4.69) is 4.99 Å². The predicted molar refractivity (Wildman–Crippen MR) is 44.2 cm³/mol. The van der Waals surface area contributed by atoms with Crippen molar-refractivity contribution in [1.82, 2.24) is 0 Å². The van der Waals surface area contributed by atoms with Crippen LogP contribution in [0.25, 0.3) is 0 Å². The van der Waals surface area contributed by atoms with Crippen molar-refractivity contribution in [3.05, 3.63) is 23.7 Å². The molecular formula is C8H11NO3. The van der Waals surface area contributed by atoms with Crippen molar-refractivity contribution in [2.24, 2.45) is 4.99 Å². The summed E-state index contributed by atoms with van der Waals surface area (Å²) in [5.41, 5.74) is 0. The zero-order chi connectivity index (χ0) is 8.81. The summed E-state index contributed by atoms with van der Waals surface area (Å²) in [7, 11) is 0. The molecule has 1 aromatic rings. The van der Waals surface area contributed by atoms with Gasteiger partial charge >= 0.3 is 0 Å². The lowest BCUT2D eigenvalue weighted by atomic mass is 10.4. The van der Waals surface area contributed by atoms with E-state index >= 15 is 0 Å². The van der Waals surface area contributed by atoms with Crippen molar-refractivity contribution in [3.63, 3.8) is 0 Å². The van der Waals surface area contributed by atoms with Crippen molar-refractivity contribution in [2.75, 3.05) is 13.2 Å². The van der Waals surface area contributed by atoms with Gasteiger partial charge in [0.15, 0.2) is 0 Å². The minimum atomic E-state index is -0.103. The molecule has 0 aliphatic rings. The quantitative estimate of drug-likeness (QED) is 0.632. The molecule has 12 heavy (non-hydrogen) atoms. The number of hydrogen-bond acceptors (Lipinski definition) is 4. The maximum atomic E-state index is 8.64. The normalized spacial score (nSPS) is 11.2. The molecule has 4 heteroatoms. The van der Waals surface area contributed by atoms with Crippen LogP contribution in [0.1, 0.15) is 11.5 Å². The second kappa shape index (κ2) is 4.69. The molecule has 0 aliphatic heterocycles. The average Bonchev–Trinajstić information content (AvgIpc) is 2.53. The van der Waals surface area contributed by atoms with Gasteiger partial charge in [-0.05, 0) is 12.1 Å². The molecule has 0 radical (unpaired) electrons. The third-order valence-electron chi connectivity index (χ3n) is 1.29. The Balaban J connectivity index is 2.51. The highest BCUT2D eigenvalue weighted by atomic mass is 16.4. The maximum absolute atomic E-state index is 8.64. The zero-order valence-corrected chi connectivity index (χ0v) is 6.60. The zero-order valence-electron chi connectivity index (χ0n) is 6.60. The molecule has 0 saturated heterocycles. The Bertz CT molecular complexity index is 255. The van der Waals surface area contributed by atoms with Crippen molar-refractivity contribution >= 4 is 6.21 Å². The second-order valence-electron chi connectivity index (χ2n) is 2.22. The first-order valence-corrected chi connectivity index (χ1v) is 3.67. The standard InChI is InChI=1S/C8H11NO3/c10-4-3-9-5-7-1-2-8(6-11)12-7/h1-2,5,10-11H,3-4,6H2. The molecule has 0 bridgehead atoms. The van der Waals surface area contributed by atoms with Gasteiger partial charge in [0.1, 0.15) is 18.1 Å². The van der Waals surface area contributed by atoms with Crippen LogP contribution >= 0.6 is 0 Å². The fourth-order valence-electron chi connectivity index (χ4n) is 0.761. The maximum Gasteiger partial charge on any atom is 0.144 e. The molecule has 1 rings (SSSR count). The Morgan fingerprint density at radius 2 is 2.25 bits per heavy atom. The van der Waals surface area contributed by atoms with E-state index in [1.54, 1.807) is 12.1 Å². The molecule has 0 atom stereocenters. The number of furan rings is 1. The van der Waals surface area contributed by atoms with Gasteiger partial charge in [-0.3, -0.25) is 4.99 Å². The highest BCUT2D eigenvalue weighted by Crippen LogP contribution is 2.04. The van der Waals surface area contributed by atoms with Gasteiger partial charge in [-0.2, -0.15) is 0 Å².